The van der Waals surface area contributed by atoms with Gasteiger partial charge in [0, 0.05) is 17.0 Å². The van der Waals surface area contributed by atoms with E-state index >= 15 is 0 Å². The molecule has 96 valence electrons. The molecule has 0 atom stereocenters. The van der Waals surface area contributed by atoms with Crippen LogP contribution in [0.5, 0.6) is 0 Å². The second-order valence-electron chi connectivity index (χ2n) is 4.73. The first-order valence-corrected chi connectivity index (χ1v) is 7.26. The number of hydrogen-bond acceptors (Lipinski definition) is 3. The molecule has 0 radical (unpaired) electrons. The third-order valence-corrected chi connectivity index (χ3v) is 4.41. The van der Waals surface area contributed by atoms with E-state index in [1.807, 2.05) is 0 Å². The number of aryl methyl sites for hydroxylation is 1. The van der Waals surface area contributed by atoms with E-state index in [9.17, 15) is 0 Å². The van der Waals surface area contributed by atoms with Gasteiger partial charge in [0.05, 0.1) is 5.69 Å². The second kappa shape index (κ2) is 5.63. The molecule has 0 saturated heterocycles. The zero-order chi connectivity index (χ0) is 13.1. The molecule has 2 nitrogen and oxygen atoms in total. The van der Waals surface area contributed by atoms with Crippen LogP contribution < -0.4 is 5.73 Å². The molecule has 0 bridgehead atoms. The first-order valence-electron chi connectivity index (χ1n) is 6.44. The monoisotopic (exact) mass is 260 g/mol. The lowest BCUT2D eigenvalue weighted by atomic mass is 10.0. The zero-order valence-electron chi connectivity index (χ0n) is 11.2. The van der Waals surface area contributed by atoms with Gasteiger partial charge in [0.15, 0.2) is 0 Å². The standard InChI is InChI=1S/C15H20N2S/c1-4-11-5-7-12(8-6-11)14-15(10(2)3)18-13(9-16)17-14/h5-8,10H,4,9,16H2,1-3H3. The highest BCUT2D eigenvalue weighted by molar-refractivity contribution is 7.12. The lowest BCUT2D eigenvalue weighted by Crippen LogP contribution is -1.94. The third-order valence-electron chi connectivity index (χ3n) is 3.03. The van der Waals surface area contributed by atoms with E-state index in [0.29, 0.717) is 12.5 Å². The Morgan fingerprint density at radius 1 is 1.22 bits per heavy atom. The minimum Gasteiger partial charge on any atom is -0.325 e. The van der Waals surface area contributed by atoms with Gasteiger partial charge in [0.25, 0.3) is 0 Å². The van der Waals surface area contributed by atoms with Crippen LogP contribution in [0.25, 0.3) is 11.3 Å². The summed E-state index contributed by atoms with van der Waals surface area (Å²) in [5.74, 6) is 0.489. The predicted molar refractivity (Wildman–Crippen MR) is 78.9 cm³/mol. The van der Waals surface area contributed by atoms with E-state index in [4.69, 9.17) is 5.73 Å². The van der Waals surface area contributed by atoms with Gasteiger partial charge >= 0.3 is 0 Å². The number of nitrogens with two attached hydrogens (primary N) is 1. The van der Waals surface area contributed by atoms with Gasteiger partial charge in [-0.2, -0.15) is 0 Å². The minimum atomic E-state index is 0.489. The van der Waals surface area contributed by atoms with Crippen molar-refractivity contribution in [3.8, 4) is 11.3 Å². The molecule has 1 aromatic carbocycles. The Labute approximate surface area is 113 Å². The maximum absolute atomic E-state index is 5.70. The highest BCUT2D eigenvalue weighted by Gasteiger charge is 2.14. The third kappa shape index (κ3) is 2.62. The van der Waals surface area contributed by atoms with Crippen molar-refractivity contribution in [1.82, 2.24) is 4.98 Å². The summed E-state index contributed by atoms with van der Waals surface area (Å²) in [7, 11) is 0. The number of rotatable bonds is 4. The van der Waals surface area contributed by atoms with Crippen molar-refractivity contribution in [3.63, 3.8) is 0 Å². The zero-order valence-corrected chi connectivity index (χ0v) is 12.1. The Morgan fingerprint density at radius 3 is 2.39 bits per heavy atom. The number of benzene rings is 1. The van der Waals surface area contributed by atoms with Gasteiger partial charge in [-0.05, 0) is 17.9 Å². The molecule has 0 amide bonds. The number of nitrogens with zero attached hydrogens (tertiary/aromatic N) is 1. The summed E-state index contributed by atoms with van der Waals surface area (Å²) in [6.45, 7) is 7.11. The quantitative estimate of drug-likeness (QED) is 0.904. The molecule has 0 aliphatic heterocycles. The average Bonchev–Trinajstić information content (AvgIpc) is 2.83. The van der Waals surface area contributed by atoms with Crippen LogP contribution in [0, 0.1) is 0 Å². The fourth-order valence-electron chi connectivity index (χ4n) is 1.96. The summed E-state index contributed by atoms with van der Waals surface area (Å²) in [6, 6.07) is 8.70. The SMILES string of the molecule is CCc1ccc(-c2nc(CN)sc2C(C)C)cc1. The first-order chi connectivity index (χ1) is 8.65. The van der Waals surface area contributed by atoms with Gasteiger partial charge in [-0.3, -0.25) is 0 Å². The summed E-state index contributed by atoms with van der Waals surface area (Å²) in [5.41, 5.74) is 9.37. The Balaban J connectivity index is 2.44. The van der Waals surface area contributed by atoms with Gasteiger partial charge in [0.2, 0.25) is 0 Å². The van der Waals surface area contributed by atoms with Crippen molar-refractivity contribution in [2.45, 2.75) is 39.7 Å². The van der Waals surface area contributed by atoms with Crippen molar-refractivity contribution < 1.29 is 0 Å². The van der Waals surface area contributed by atoms with E-state index in [2.05, 4.69) is 50.0 Å². The highest BCUT2D eigenvalue weighted by Crippen LogP contribution is 2.33. The smallest absolute Gasteiger partial charge is 0.107 e. The summed E-state index contributed by atoms with van der Waals surface area (Å²) >= 11 is 1.74. The molecule has 3 heteroatoms. The van der Waals surface area contributed by atoms with Crippen LogP contribution in [-0.2, 0) is 13.0 Å². The summed E-state index contributed by atoms with van der Waals surface area (Å²) < 4.78 is 0. The number of thiazole rings is 1. The van der Waals surface area contributed by atoms with Crippen LogP contribution in [0.15, 0.2) is 24.3 Å². The van der Waals surface area contributed by atoms with E-state index in [1.165, 1.54) is 16.0 Å². The fraction of sp³-hybridized carbons (Fsp3) is 0.400. The van der Waals surface area contributed by atoms with Crippen LogP contribution in [0.3, 0.4) is 0 Å². The number of aromatic nitrogens is 1. The lowest BCUT2D eigenvalue weighted by molar-refractivity contribution is 0.887. The Morgan fingerprint density at radius 2 is 1.89 bits per heavy atom. The Hall–Kier alpha value is -1.19. The molecular weight excluding hydrogens is 240 g/mol. The molecule has 2 rings (SSSR count). The van der Waals surface area contributed by atoms with Gasteiger partial charge < -0.3 is 5.73 Å². The Bertz CT molecular complexity index is 512. The molecular formula is C15H20N2S. The molecule has 0 fully saturated rings. The van der Waals surface area contributed by atoms with Crippen molar-refractivity contribution in [2.24, 2.45) is 5.73 Å². The molecule has 0 unspecified atom stereocenters. The van der Waals surface area contributed by atoms with Crippen molar-refractivity contribution in [2.75, 3.05) is 0 Å². The maximum Gasteiger partial charge on any atom is 0.107 e. The summed E-state index contributed by atoms with van der Waals surface area (Å²) in [5, 5.41) is 1.02. The lowest BCUT2D eigenvalue weighted by Gasteiger charge is -2.06. The van der Waals surface area contributed by atoms with Gasteiger partial charge in [-0.25, -0.2) is 4.98 Å². The van der Waals surface area contributed by atoms with Gasteiger partial charge in [-0.15, -0.1) is 11.3 Å². The van der Waals surface area contributed by atoms with Crippen molar-refractivity contribution >= 4 is 11.3 Å². The second-order valence-corrected chi connectivity index (χ2v) is 5.84. The summed E-state index contributed by atoms with van der Waals surface area (Å²) in [6.07, 6.45) is 1.07. The molecule has 2 N–H and O–H groups in total. The van der Waals surface area contributed by atoms with E-state index in [-0.39, 0.29) is 0 Å². The van der Waals surface area contributed by atoms with Crippen LogP contribution in [0.1, 0.15) is 42.1 Å². The van der Waals surface area contributed by atoms with E-state index < -0.39 is 0 Å². The molecule has 0 aliphatic carbocycles. The van der Waals surface area contributed by atoms with Crippen molar-refractivity contribution in [1.29, 1.82) is 0 Å². The Kier molecular flexibility index (Phi) is 4.15. The first kappa shape index (κ1) is 13.2. The van der Waals surface area contributed by atoms with E-state index in [1.54, 1.807) is 11.3 Å². The number of hydrogen-bond donors (Lipinski definition) is 1. The minimum absolute atomic E-state index is 0.489. The van der Waals surface area contributed by atoms with Crippen LogP contribution in [0.4, 0.5) is 0 Å². The van der Waals surface area contributed by atoms with Crippen molar-refractivity contribution in [3.05, 3.63) is 39.7 Å². The molecule has 1 aromatic heterocycles. The highest BCUT2D eigenvalue weighted by atomic mass is 32.1. The molecule has 0 saturated carbocycles. The van der Waals surface area contributed by atoms with Crippen LogP contribution in [0.2, 0.25) is 0 Å². The van der Waals surface area contributed by atoms with Gasteiger partial charge in [0.1, 0.15) is 5.01 Å². The normalized spacial score (nSPS) is 11.2. The topological polar surface area (TPSA) is 38.9 Å². The van der Waals surface area contributed by atoms with Gasteiger partial charge in [-0.1, -0.05) is 45.0 Å². The summed E-state index contributed by atoms with van der Waals surface area (Å²) in [4.78, 5) is 6.00. The van der Waals surface area contributed by atoms with Crippen LogP contribution >= 0.6 is 11.3 Å². The predicted octanol–water partition coefficient (Wildman–Crippen LogP) is 3.95. The van der Waals surface area contributed by atoms with Crippen LogP contribution in [-0.4, -0.2) is 4.98 Å². The molecule has 0 spiro atoms. The molecule has 2 aromatic rings. The molecule has 1 heterocycles. The fourth-order valence-corrected chi connectivity index (χ4v) is 2.93. The molecule has 18 heavy (non-hydrogen) atoms. The molecule has 0 aliphatic rings. The maximum atomic E-state index is 5.70. The average molecular weight is 260 g/mol. The largest absolute Gasteiger partial charge is 0.325 e. The van der Waals surface area contributed by atoms with E-state index in [0.717, 1.165) is 17.1 Å².